The number of nitrogens with zero attached hydrogens (tertiary/aromatic N) is 5. The van der Waals surface area contributed by atoms with Gasteiger partial charge >= 0.3 is 0 Å². The van der Waals surface area contributed by atoms with Crippen LogP contribution in [0.3, 0.4) is 0 Å². The minimum atomic E-state index is -0.396. The number of ether oxygens (including phenoxy) is 1. The van der Waals surface area contributed by atoms with Gasteiger partial charge in [-0.1, -0.05) is 37.5 Å². The topological polar surface area (TPSA) is 88.9 Å². The highest BCUT2D eigenvalue weighted by Crippen LogP contribution is 2.38. The molecule has 2 aromatic heterocycles. The third-order valence-electron chi connectivity index (χ3n) is 7.59. The molecule has 0 radical (unpaired) electrons. The molecule has 1 aliphatic heterocycles. The van der Waals surface area contributed by atoms with Crippen molar-refractivity contribution in [3.63, 3.8) is 0 Å². The van der Waals surface area contributed by atoms with E-state index < -0.39 is 6.04 Å². The second-order valence-electron chi connectivity index (χ2n) is 9.84. The molecule has 3 heterocycles. The summed E-state index contributed by atoms with van der Waals surface area (Å²) in [4.78, 5) is 19.1. The smallest absolute Gasteiger partial charge is 0.254 e. The van der Waals surface area contributed by atoms with Crippen molar-refractivity contribution in [2.75, 3.05) is 18.1 Å². The predicted octanol–water partition coefficient (Wildman–Crippen LogP) is 4.96. The molecular formula is C28H32N6O2. The van der Waals surface area contributed by atoms with Gasteiger partial charge in [-0.2, -0.15) is 0 Å². The lowest BCUT2D eigenvalue weighted by Gasteiger charge is -2.38. The second kappa shape index (κ2) is 9.76. The maximum absolute atomic E-state index is 13.6. The standard InChI is InChI=1S/C28H32N6O2/c1-2-36-22-14-15-24-20(17-22)18-23(28(35)29-24)26(33-16-8-10-19-9-6-7-13-25(19)33)27-30-31-32-34(27)21-11-4-3-5-12-21/h6-7,9,13-15,17-18,21,26H,2-5,8,10-12,16H2,1H3,(H,29,35)/t26-/m0/s1. The Labute approximate surface area is 210 Å². The molecule has 2 aliphatic rings. The van der Waals surface area contributed by atoms with Gasteiger partial charge in [0, 0.05) is 28.7 Å². The Hall–Kier alpha value is -3.68. The van der Waals surface area contributed by atoms with Crippen LogP contribution in [0.1, 0.15) is 74.5 Å². The van der Waals surface area contributed by atoms with Crippen LogP contribution in [0.5, 0.6) is 5.75 Å². The van der Waals surface area contributed by atoms with Crippen LogP contribution in [0.4, 0.5) is 5.69 Å². The van der Waals surface area contributed by atoms with Gasteiger partial charge in [-0.25, -0.2) is 4.68 Å². The molecule has 0 amide bonds. The molecular weight excluding hydrogens is 452 g/mol. The quantitative estimate of drug-likeness (QED) is 0.416. The molecule has 6 rings (SSSR count). The molecule has 1 saturated carbocycles. The average Bonchev–Trinajstić information content (AvgIpc) is 3.40. The molecule has 2 aromatic carbocycles. The van der Waals surface area contributed by atoms with E-state index in [0.717, 1.165) is 60.4 Å². The molecule has 1 aliphatic carbocycles. The number of anilines is 1. The summed E-state index contributed by atoms with van der Waals surface area (Å²) in [7, 11) is 0. The van der Waals surface area contributed by atoms with Crippen LogP contribution in [-0.2, 0) is 6.42 Å². The third-order valence-corrected chi connectivity index (χ3v) is 7.59. The van der Waals surface area contributed by atoms with Crippen LogP contribution in [0.15, 0.2) is 53.3 Å². The Morgan fingerprint density at radius 2 is 1.94 bits per heavy atom. The molecule has 0 spiro atoms. The fraction of sp³-hybridized carbons (Fsp3) is 0.429. The van der Waals surface area contributed by atoms with E-state index in [1.807, 2.05) is 35.9 Å². The van der Waals surface area contributed by atoms with Crippen molar-refractivity contribution in [3.8, 4) is 5.75 Å². The van der Waals surface area contributed by atoms with Crippen molar-refractivity contribution in [1.82, 2.24) is 25.2 Å². The summed E-state index contributed by atoms with van der Waals surface area (Å²) < 4.78 is 7.74. The second-order valence-corrected chi connectivity index (χ2v) is 9.84. The molecule has 0 unspecified atom stereocenters. The Morgan fingerprint density at radius 3 is 2.81 bits per heavy atom. The minimum absolute atomic E-state index is 0.113. The van der Waals surface area contributed by atoms with Gasteiger partial charge < -0.3 is 14.6 Å². The molecule has 0 bridgehead atoms. The normalized spacial score (nSPS) is 17.2. The van der Waals surface area contributed by atoms with Crippen molar-refractivity contribution in [1.29, 1.82) is 0 Å². The van der Waals surface area contributed by atoms with E-state index in [0.29, 0.717) is 12.2 Å². The van der Waals surface area contributed by atoms with Crippen LogP contribution in [-0.4, -0.2) is 38.3 Å². The summed E-state index contributed by atoms with van der Waals surface area (Å²) in [6.07, 6.45) is 7.77. The van der Waals surface area contributed by atoms with Gasteiger partial charge in [0.2, 0.25) is 0 Å². The number of nitrogens with one attached hydrogen (secondary N) is 1. The van der Waals surface area contributed by atoms with E-state index in [-0.39, 0.29) is 11.6 Å². The van der Waals surface area contributed by atoms with Crippen LogP contribution >= 0.6 is 0 Å². The lowest BCUT2D eigenvalue weighted by atomic mass is 9.94. The van der Waals surface area contributed by atoms with Crippen LogP contribution in [0.2, 0.25) is 0 Å². The Morgan fingerprint density at radius 1 is 1.08 bits per heavy atom. The number of tetrazole rings is 1. The van der Waals surface area contributed by atoms with E-state index in [9.17, 15) is 4.79 Å². The number of hydrogen-bond donors (Lipinski definition) is 1. The fourth-order valence-corrected chi connectivity index (χ4v) is 5.90. The van der Waals surface area contributed by atoms with E-state index in [1.165, 1.54) is 24.8 Å². The molecule has 8 heteroatoms. The monoisotopic (exact) mass is 484 g/mol. The highest BCUT2D eigenvalue weighted by Gasteiger charge is 2.34. The number of hydrogen-bond acceptors (Lipinski definition) is 6. The highest BCUT2D eigenvalue weighted by molar-refractivity contribution is 5.81. The van der Waals surface area contributed by atoms with Crippen molar-refractivity contribution < 1.29 is 4.74 Å². The highest BCUT2D eigenvalue weighted by atomic mass is 16.5. The van der Waals surface area contributed by atoms with Gasteiger partial charge in [-0.3, -0.25) is 4.79 Å². The van der Waals surface area contributed by atoms with E-state index in [2.05, 4.69) is 49.7 Å². The van der Waals surface area contributed by atoms with Crippen LogP contribution in [0, 0.1) is 0 Å². The van der Waals surface area contributed by atoms with Crippen LogP contribution < -0.4 is 15.2 Å². The predicted molar refractivity (Wildman–Crippen MR) is 140 cm³/mol. The van der Waals surface area contributed by atoms with Gasteiger partial charge in [-0.15, -0.1) is 5.10 Å². The van der Waals surface area contributed by atoms with Gasteiger partial charge in [0.05, 0.1) is 12.6 Å². The van der Waals surface area contributed by atoms with E-state index in [4.69, 9.17) is 4.74 Å². The molecule has 1 N–H and O–H groups in total. The number of aryl methyl sites for hydroxylation is 1. The maximum atomic E-state index is 13.6. The van der Waals surface area contributed by atoms with Gasteiger partial charge in [-0.05, 0) is 78.9 Å². The first-order chi connectivity index (χ1) is 17.7. The first kappa shape index (κ1) is 22.8. The summed E-state index contributed by atoms with van der Waals surface area (Å²) >= 11 is 0. The summed E-state index contributed by atoms with van der Waals surface area (Å²) in [5.74, 6) is 1.53. The average molecular weight is 485 g/mol. The van der Waals surface area contributed by atoms with Crippen molar-refractivity contribution in [2.45, 2.75) is 64.0 Å². The number of H-pyrrole nitrogens is 1. The Kier molecular flexibility index (Phi) is 6.17. The SMILES string of the molecule is CCOc1ccc2[nH]c(=O)c([C@@H](c3nnnn3C3CCCCC3)N3CCCc4ccccc43)cc2c1. The minimum Gasteiger partial charge on any atom is -0.494 e. The number of fused-ring (bicyclic) bond motifs is 2. The molecule has 8 nitrogen and oxygen atoms in total. The molecule has 1 atom stereocenters. The zero-order valence-electron chi connectivity index (χ0n) is 20.7. The van der Waals surface area contributed by atoms with Gasteiger partial charge in [0.15, 0.2) is 5.82 Å². The molecule has 0 saturated heterocycles. The molecule has 4 aromatic rings. The van der Waals surface area contributed by atoms with E-state index >= 15 is 0 Å². The van der Waals surface area contributed by atoms with Crippen LogP contribution in [0.25, 0.3) is 10.9 Å². The summed E-state index contributed by atoms with van der Waals surface area (Å²) in [6, 6.07) is 16.1. The largest absolute Gasteiger partial charge is 0.494 e. The molecule has 186 valence electrons. The maximum Gasteiger partial charge on any atom is 0.254 e. The van der Waals surface area contributed by atoms with E-state index in [1.54, 1.807) is 0 Å². The Bertz CT molecular complexity index is 1420. The zero-order chi connectivity index (χ0) is 24.5. The van der Waals surface area contributed by atoms with Gasteiger partial charge in [0.1, 0.15) is 11.8 Å². The molecule has 1 fully saturated rings. The van der Waals surface area contributed by atoms with Crippen molar-refractivity contribution in [3.05, 3.63) is 75.8 Å². The summed E-state index contributed by atoms with van der Waals surface area (Å²) in [5, 5.41) is 14.1. The first-order valence-electron chi connectivity index (χ1n) is 13.1. The number of pyridine rings is 1. The summed E-state index contributed by atoms with van der Waals surface area (Å²) in [6.45, 7) is 3.39. The lowest BCUT2D eigenvalue weighted by molar-refractivity contribution is 0.313. The van der Waals surface area contributed by atoms with Crippen molar-refractivity contribution in [2.24, 2.45) is 0 Å². The van der Waals surface area contributed by atoms with Crippen molar-refractivity contribution >= 4 is 16.6 Å². The number of aromatic amines is 1. The number of para-hydroxylation sites is 1. The third kappa shape index (κ3) is 4.14. The number of rotatable bonds is 6. The number of benzene rings is 2. The number of aromatic nitrogens is 5. The zero-order valence-corrected chi connectivity index (χ0v) is 20.7. The fourth-order valence-electron chi connectivity index (χ4n) is 5.90. The van der Waals surface area contributed by atoms with Gasteiger partial charge in [0.25, 0.3) is 5.56 Å². The lowest BCUT2D eigenvalue weighted by Crippen LogP contribution is -2.39. The first-order valence-corrected chi connectivity index (χ1v) is 13.1. The molecule has 36 heavy (non-hydrogen) atoms. The Balaban J connectivity index is 1.54. The summed E-state index contributed by atoms with van der Waals surface area (Å²) in [5.41, 5.74) is 3.77.